The minimum absolute atomic E-state index is 0.0559. The maximum absolute atomic E-state index is 12.2. The molecular weight excluding hydrogens is 383 g/mol. The quantitative estimate of drug-likeness (QED) is 0.517. The zero-order valence-corrected chi connectivity index (χ0v) is 15.8. The monoisotopic (exact) mass is 398 g/mol. The molecule has 2 aromatic carbocycles. The lowest BCUT2D eigenvalue weighted by atomic mass is 10.2. The van der Waals surface area contributed by atoms with Gasteiger partial charge in [-0.15, -0.1) is 0 Å². The molecule has 0 aliphatic heterocycles. The van der Waals surface area contributed by atoms with Gasteiger partial charge in [0.15, 0.2) is 10.9 Å². The number of hydrogen-bond acceptors (Lipinski definition) is 4. The van der Waals surface area contributed by atoms with Crippen LogP contribution < -0.4 is 15.4 Å². The summed E-state index contributed by atoms with van der Waals surface area (Å²) in [4.78, 5) is 12.2. The molecule has 0 aliphatic carbocycles. The molecule has 3 N–H and O–H groups in total. The second-order valence-electron chi connectivity index (χ2n) is 5.39. The highest BCUT2D eigenvalue weighted by Gasteiger charge is 2.11. The third-order valence-electron chi connectivity index (χ3n) is 2.99. The van der Waals surface area contributed by atoms with Gasteiger partial charge in [-0.1, -0.05) is 23.2 Å². The summed E-state index contributed by atoms with van der Waals surface area (Å²) in [6.45, 7) is 3.85. The van der Waals surface area contributed by atoms with E-state index >= 15 is 0 Å². The summed E-state index contributed by atoms with van der Waals surface area (Å²) in [5.74, 6) is 0.0951. The maximum Gasteiger partial charge on any atom is 0.257 e. The fraction of sp³-hybridized carbons (Fsp3) is 0.176. The maximum atomic E-state index is 12.2. The highest BCUT2D eigenvalue weighted by molar-refractivity contribution is 7.80. The number of phenols is 1. The SMILES string of the molecule is CC(C)Oc1ccc(C(=O)NC(=S)Nc2cc(Cl)c(O)c(Cl)c2)cc1. The predicted octanol–water partition coefficient (Wildman–Crippen LogP) is 4.61. The Morgan fingerprint density at radius 2 is 1.72 bits per heavy atom. The zero-order valence-electron chi connectivity index (χ0n) is 13.5. The number of halogens is 2. The molecule has 0 saturated carbocycles. The molecule has 0 aliphatic rings. The van der Waals surface area contributed by atoms with Gasteiger partial charge in [-0.25, -0.2) is 0 Å². The second kappa shape index (κ2) is 8.38. The summed E-state index contributed by atoms with van der Waals surface area (Å²) in [6.07, 6.45) is 0.0559. The van der Waals surface area contributed by atoms with Crippen LogP contribution >= 0.6 is 35.4 Å². The third kappa shape index (κ3) is 5.49. The second-order valence-corrected chi connectivity index (χ2v) is 6.61. The average Bonchev–Trinajstić information content (AvgIpc) is 2.52. The predicted molar refractivity (Wildman–Crippen MR) is 104 cm³/mol. The number of rotatable bonds is 4. The Bertz CT molecular complexity index is 772. The first-order valence-corrected chi connectivity index (χ1v) is 8.49. The lowest BCUT2D eigenvalue weighted by Crippen LogP contribution is -2.34. The van der Waals surface area contributed by atoms with Crippen LogP contribution in [0.5, 0.6) is 11.5 Å². The van der Waals surface area contributed by atoms with Crippen LogP contribution in [0.4, 0.5) is 5.69 Å². The molecule has 0 saturated heterocycles. The van der Waals surface area contributed by atoms with E-state index in [4.69, 9.17) is 40.2 Å². The number of ether oxygens (including phenoxy) is 1. The van der Waals surface area contributed by atoms with Gasteiger partial charge >= 0.3 is 0 Å². The molecule has 0 heterocycles. The third-order valence-corrected chi connectivity index (χ3v) is 3.77. The van der Waals surface area contributed by atoms with Crippen molar-refractivity contribution in [2.75, 3.05) is 5.32 Å². The fourth-order valence-corrected chi connectivity index (χ4v) is 2.63. The highest BCUT2D eigenvalue weighted by Crippen LogP contribution is 2.34. The van der Waals surface area contributed by atoms with Crippen molar-refractivity contribution in [3.05, 3.63) is 52.0 Å². The number of carbonyl (C=O) groups excluding carboxylic acids is 1. The normalized spacial score (nSPS) is 10.4. The largest absolute Gasteiger partial charge is 0.505 e. The van der Waals surface area contributed by atoms with Crippen molar-refractivity contribution in [2.45, 2.75) is 20.0 Å². The number of hydrogen-bond donors (Lipinski definition) is 3. The van der Waals surface area contributed by atoms with Crippen LogP contribution in [0.1, 0.15) is 24.2 Å². The molecule has 1 amide bonds. The minimum atomic E-state index is -0.371. The molecule has 2 aromatic rings. The van der Waals surface area contributed by atoms with Crippen molar-refractivity contribution in [3.8, 4) is 11.5 Å². The molecule has 0 unspecified atom stereocenters. The first-order chi connectivity index (χ1) is 11.8. The van der Waals surface area contributed by atoms with Crippen LogP contribution in [0.15, 0.2) is 36.4 Å². The lowest BCUT2D eigenvalue weighted by molar-refractivity contribution is 0.0977. The highest BCUT2D eigenvalue weighted by atomic mass is 35.5. The number of benzene rings is 2. The Kier molecular flexibility index (Phi) is 6.47. The topological polar surface area (TPSA) is 70.6 Å². The van der Waals surface area contributed by atoms with E-state index in [9.17, 15) is 9.90 Å². The molecule has 0 aromatic heterocycles. The number of anilines is 1. The molecule has 0 radical (unpaired) electrons. The van der Waals surface area contributed by atoms with Crippen molar-refractivity contribution in [2.24, 2.45) is 0 Å². The Labute approximate surface area is 160 Å². The fourth-order valence-electron chi connectivity index (χ4n) is 1.93. The van der Waals surface area contributed by atoms with Gasteiger partial charge in [0.2, 0.25) is 0 Å². The Morgan fingerprint density at radius 3 is 2.24 bits per heavy atom. The molecule has 0 fully saturated rings. The molecular formula is C17H16Cl2N2O3S. The van der Waals surface area contributed by atoms with Crippen molar-refractivity contribution in [1.29, 1.82) is 0 Å². The molecule has 0 atom stereocenters. The Morgan fingerprint density at radius 1 is 1.16 bits per heavy atom. The average molecular weight is 399 g/mol. The van der Waals surface area contributed by atoms with Gasteiger partial charge in [0.25, 0.3) is 5.91 Å². The number of amides is 1. The number of aromatic hydroxyl groups is 1. The van der Waals surface area contributed by atoms with Gasteiger partial charge in [0.05, 0.1) is 16.1 Å². The van der Waals surface area contributed by atoms with Crippen molar-refractivity contribution < 1.29 is 14.6 Å². The van der Waals surface area contributed by atoms with E-state index in [1.807, 2.05) is 13.8 Å². The van der Waals surface area contributed by atoms with Crippen LogP contribution in [0, 0.1) is 0 Å². The summed E-state index contributed by atoms with van der Waals surface area (Å²) < 4.78 is 5.53. The standard InChI is InChI=1S/C17H16Cl2N2O3S/c1-9(2)24-12-5-3-10(4-6-12)16(23)21-17(25)20-11-7-13(18)15(22)14(19)8-11/h3-9,22H,1-2H3,(H2,20,21,23,25). The number of phenolic OH excluding ortho intramolecular Hbond substituents is 1. The Hall–Kier alpha value is -2.02. The van der Waals surface area contributed by atoms with Crippen LogP contribution in [0.2, 0.25) is 10.0 Å². The van der Waals surface area contributed by atoms with Gasteiger partial charge in [-0.3, -0.25) is 10.1 Å². The van der Waals surface area contributed by atoms with Gasteiger partial charge in [0.1, 0.15) is 5.75 Å². The van der Waals surface area contributed by atoms with Gasteiger partial charge in [-0.2, -0.15) is 0 Å². The molecule has 0 bridgehead atoms. The molecule has 5 nitrogen and oxygen atoms in total. The zero-order chi connectivity index (χ0) is 18.6. The van der Waals surface area contributed by atoms with Gasteiger partial charge in [-0.05, 0) is 62.5 Å². The van der Waals surface area contributed by atoms with E-state index in [1.165, 1.54) is 12.1 Å². The van der Waals surface area contributed by atoms with Crippen LogP contribution in [-0.4, -0.2) is 22.2 Å². The minimum Gasteiger partial charge on any atom is -0.505 e. The van der Waals surface area contributed by atoms with Crippen LogP contribution in [0.25, 0.3) is 0 Å². The van der Waals surface area contributed by atoms with E-state index in [0.29, 0.717) is 17.0 Å². The van der Waals surface area contributed by atoms with E-state index in [1.54, 1.807) is 24.3 Å². The number of nitrogens with one attached hydrogen (secondary N) is 2. The summed E-state index contributed by atoms with van der Waals surface area (Å²) in [5, 5.41) is 15.1. The van der Waals surface area contributed by atoms with E-state index in [2.05, 4.69) is 10.6 Å². The van der Waals surface area contributed by atoms with Crippen LogP contribution in [0.3, 0.4) is 0 Å². The van der Waals surface area contributed by atoms with E-state index < -0.39 is 0 Å². The van der Waals surface area contributed by atoms with Crippen molar-refractivity contribution in [1.82, 2.24) is 5.32 Å². The molecule has 0 spiro atoms. The summed E-state index contributed by atoms with van der Waals surface area (Å²) >= 11 is 16.8. The summed E-state index contributed by atoms with van der Waals surface area (Å²) in [7, 11) is 0. The molecule has 132 valence electrons. The van der Waals surface area contributed by atoms with Crippen LogP contribution in [-0.2, 0) is 0 Å². The van der Waals surface area contributed by atoms with Crippen molar-refractivity contribution >= 4 is 52.1 Å². The summed E-state index contributed by atoms with van der Waals surface area (Å²) in [5.41, 5.74) is 0.876. The smallest absolute Gasteiger partial charge is 0.257 e. The first kappa shape index (κ1) is 19.3. The van der Waals surface area contributed by atoms with E-state index in [0.717, 1.165) is 0 Å². The van der Waals surface area contributed by atoms with Gasteiger partial charge in [0, 0.05) is 11.3 Å². The van der Waals surface area contributed by atoms with Gasteiger partial charge < -0.3 is 15.2 Å². The first-order valence-electron chi connectivity index (χ1n) is 7.33. The Balaban J connectivity index is 1.99. The molecule has 8 heteroatoms. The lowest BCUT2D eigenvalue weighted by Gasteiger charge is -2.12. The van der Waals surface area contributed by atoms with Crippen molar-refractivity contribution in [3.63, 3.8) is 0 Å². The molecule has 25 heavy (non-hydrogen) atoms. The number of thiocarbonyl (C=S) groups is 1. The summed E-state index contributed by atoms with van der Waals surface area (Å²) in [6, 6.07) is 9.60. The molecule has 2 rings (SSSR count). The van der Waals surface area contributed by atoms with E-state index in [-0.39, 0.29) is 32.9 Å². The number of carbonyl (C=O) groups is 1.